The highest BCUT2D eigenvalue weighted by Gasteiger charge is 2.27. The van der Waals surface area contributed by atoms with Crippen LogP contribution < -0.4 is 5.32 Å². The highest BCUT2D eigenvalue weighted by Crippen LogP contribution is 2.39. The third-order valence-corrected chi connectivity index (χ3v) is 4.37. The molecule has 2 N–H and O–H groups in total. The van der Waals surface area contributed by atoms with Gasteiger partial charge in [-0.05, 0) is 24.5 Å². The van der Waals surface area contributed by atoms with Gasteiger partial charge in [0.15, 0.2) is 0 Å². The summed E-state index contributed by atoms with van der Waals surface area (Å²) < 4.78 is 1.91. The van der Waals surface area contributed by atoms with Crippen LogP contribution in [0.2, 0.25) is 0 Å². The number of aromatic amines is 1. The van der Waals surface area contributed by atoms with Crippen molar-refractivity contribution in [1.82, 2.24) is 25.1 Å². The summed E-state index contributed by atoms with van der Waals surface area (Å²) in [6.45, 7) is 0. The van der Waals surface area contributed by atoms with Gasteiger partial charge in [-0.1, -0.05) is 30.3 Å². The van der Waals surface area contributed by atoms with Crippen molar-refractivity contribution in [2.45, 2.75) is 24.8 Å². The Hall–Kier alpha value is -2.89. The number of aryl methyl sites for hydroxylation is 1. The summed E-state index contributed by atoms with van der Waals surface area (Å²) >= 11 is 0. The topological polar surface area (TPSA) is 75.6 Å². The molecule has 1 aromatic carbocycles. The fourth-order valence-electron chi connectivity index (χ4n) is 2.86. The van der Waals surface area contributed by atoms with Gasteiger partial charge in [-0.2, -0.15) is 5.10 Å². The summed E-state index contributed by atoms with van der Waals surface area (Å²) in [5.74, 6) is 1.13. The van der Waals surface area contributed by atoms with Crippen molar-refractivity contribution in [2.24, 2.45) is 7.05 Å². The standard InChI is InChI=1S/C18H19N5O/c1-23-10-9-19-17(23)16(13-5-3-2-4-6-13)20-18(24)15-11-14(21-22-15)12-7-8-12/h2-6,9-12,16H,7-8H2,1H3,(H,20,24)(H,21,22)/t16-/m1/s1. The average molecular weight is 321 g/mol. The predicted molar refractivity (Wildman–Crippen MR) is 89.5 cm³/mol. The molecule has 2 aromatic heterocycles. The number of carbonyl (C=O) groups excluding carboxylic acids is 1. The number of nitrogens with zero attached hydrogens (tertiary/aromatic N) is 3. The van der Waals surface area contributed by atoms with Crippen molar-refractivity contribution in [2.75, 3.05) is 0 Å². The van der Waals surface area contributed by atoms with Crippen molar-refractivity contribution >= 4 is 5.91 Å². The van der Waals surface area contributed by atoms with Crippen LogP contribution in [0.3, 0.4) is 0 Å². The number of hydrogen-bond donors (Lipinski definition) is 2. The van der Waals surface area contributed by atoms with Crippen LogP contribution in [0.1, 0.15) is 52.4 Å². The molecular weight excluding hydrogens is 302 g/mol. The van der Waals surface area contributed by atoms with Crippen LogP contribution in [-0.4, -0.2) is 25.7 Å². The fourth-order valence-corrected chi connectivity index (χ4v) is 2.86. The Labute approximate surface area is 139 Å². The summed E-state index contributed by atoms with van der Waals surface area (Å²) in [5.41, 5.74) is 2.46. The van der Waals surface area contributed by atoms with Crippen LogP contribution in [0, 0.1) is 0 Å². The number of aromatic nitrogens is 4. The van der Waals surface area contributed by atoms with Crippen molar-refractivity contribution in [3.63, 3.8) is 0 Å². The van der Waals surface area contributed by atoms with Crippen LogP contribution in [0.4, 0.5) is 0 Å². The number of H-pyrrole nitrogens is 1. The van der Waals surface area contributed by atoms with Crippen LogP contribution >= 0.6 is 0 Å². The highest BCUT2D eigenvalue weighted by atomic mass is 16.2. The van der Waals surface area contributed by atoms with E-state index in [-0.39, 0.29) is 11.9 Å². The molecule has 122 valence electrons. The molecule has 24 heavy (non-hydrogen) atoms. The first-order valence-corrected chi connectivity index (χ1v) is 8.10. The molecule has 1 atom stereocenters. The minimum absolute atomic E-state index is 0.199. The average Bonchev–Trinajstić information content (AvgIpc) is 3.18. The molecule has 0 bridgehead atoms. The first-order valence-electron chi connectivity index (χ1n) is 8.10. The number of rotatable bonds is 5. The van der Waals surface area contributed by atoms with Crippen molar-refractivity contribution in [3.8, 4) is 0 Å². The Bertz CT molecular complexity index is 847. The van der Waals surface area contributed by atoms with Gasteiger partial charge in [-0.15, -0.1) is 0 Å². The molecule has 6 nitrogen and oxygen atoms in total. The van der Waals surface area contributed by atoms with Gasteiger partial charge < -0.3 is 9.88 Å². The molecule has 1 saturated carbocycles. The second kappa shape index (κ2) is 5.96. The maximum Gasteiger partial charge on any atom is 0.272 e. The van der Waals surface area contributed by atoms with E-state index >= 15 is 0 Å². The molecule has 6 heteroatoms. The first kappa shape index (κ1) is 14.7. The molecule has 1 fully saturated rings. The predicted octanol–water partition coefficient (Wildman–Crippen LogP) is 2.54. The quantitative estimate of drug-likeness (QED) is 0.758. The Morgan fingerprint density at radius 1 is 1.33 bits per heavy atom. The molecule has 0 radical (unpaired) electrons. The van der Waals surface area contributed by atoms with Crippen molar-refractivity contribution in [3.05, 3.63) is 71.6 Å². The van der Waals surface area contributed by atoms with Crippen LogP contribution in [0.25, 0.3) is 0 Å². The zero-order valence-corrected chi connectivity index (χ0v) is 13.4. The van der Waals surface area contributed by atoms with Gasteiger partial charge in [0.2, 0.25) is 0 Å². The van der Waals surface area contributed by atoms with E-state index in [4.69, 9.17) is 0 Å². The third-order valence-electron chi connectivity index (χ3n) is 4.37. The lowest BCUT2D eigenvalue weighted by molar-refractivity contribution is 0.0936. The van der Waals surface area contributed by atoms with Gasteiger partial charge in [0.05, 0.1) is 0 Å². The number of benzene rings is 1. The lowest BCUT2D eigenvalue weighted by Crippen LogP contribution is -2.31. The van der Waals surface area contributed by atoms with Crippen molar-refractivity contribution < 1.29 is 4.79 Å². The second-order valence-corrected chi connectivity index (χ2v) is 6.20. The maximum absolute atomic E-state index is 12.7. The van der Waals surface area contributed by atoms with Crippen molar-refractivity contribution in [1.29, 1.82) is 0 Å². The Balaban J connectivity index is 1.61. The SMILES string of the molecule is Cn1ccnc1[C@H](NC(=O)c1cc(C2CC2)[nH]n1)c1ccccc1. The molecular formula is C18H19N5O. The van der Waals surface area contributed by atoms with Crippen LogP contribution in [0.15, 0.2) is 48.8 Å². The number of imidazole rings is 1. The van der Waals surface area contributed by atoms with Gasteiger partial charge in [-0.25, -0.2) is 4.98 Å². The number of carbonyl (C=O) groups is 1. The van der Waals surface area contributed by atoms with Gasteiger partial charge >= 0.3 is 0 Å². The lowest BCUT2D eigenvalue weighted by atomic mass is 10.1. The molecule has 0 saturated heterocycles. The summed E-state index contributed by atoms with van der Waals surface area (Å²) in [4.78, 5) is 17.1. The summed E-state index contributed by atoms with van der Waals surface area (Å²) in [6, 6.07) is 11.4. The number of hydrogen-bond acceptors (Lipinski definition) is 3. The molecule has 3 aromatic rings. The minimum atomic E-state index is -0.320. The fraction of sp³-hybridized carbons (Fsp3) is 0.278. The van der Waals surface area contributed by atoms with Gasteiger partial charge in [-0.3, -0.25) is 9.89 Å². The summed E-state index contributed by atoms with van der Waals surface area (Å²) in [7, 11) is 1.92. The molecule has 4 rings (SSSR count). The zero-order chi connectivity index (χ0) is 16.5. The Kier molecular flexibility index (Phi) is 3.65. The van der Waals surface area contributed by atoms with Crippen LogP contribution in [-0.2, 0) is 7.05 Å². The maximum atomic E-state index is 12.7. The first-order chi connectivity index (χ1) is 11.7. The van der Waals surface area contributed by atoms with E-state index in [9.17, 15) is 4.79 Å². The smallest absolute Gasteiger partial charge is 0.272 e. The van der Waals surface area contributed by atoms with E-state index in [1.54, 1.807) is 6.20 Å². The normalized spacial score (nSPS) is 15.2. The van der Waals surface area contributed by atoms with E-state index < -0.39 is 0 Å². The van der Waals surface area contributed by atoms with Gasteiger partial charge in [0, 0.05) is 31.1 Å². The molecule has 0 unspecified atom stereocenters. The molecule has 1 aliphatic carbocycles. The van der Waals surface area contributed by atoms with E-state index in [0.29, 0.717) is 11.6 Å². The van der Waals surface area contributed by atoms with E-state index in [1.807, 2.05) is 54.2 Å². The largest absolute Gasteiger partial charge is 0.337 e. The van der Waals surface area contributed by atoms with Gasteiger partial charge in [0.25, 0.3) is 5.91 Å². The summed E-state index contributed by atoms with van der Waals surface area (Å²) in [5, 5.41) is 10.2. The Morgan fingerprint density at radius 3 is 2.79 bits per heavy atom. The summed E-state index contributed by atoms with van der Waals surface area (Å²) in [6.07, 6.45) is 5.95. The monoisotopic (exact) mass is 321 g/mol. The zero-order valence-electron chi connectivity index (χ0n) is 13.4. The van der Waals surface area contributed by atoms with E-state index in [0.717, 1.165) is 17.1 Å². The van der Waals surface area contributed by atoms with Crippen LogP contribution in [0.5, 0.6) is 0 Å². The van der Waals surface area contributed by atoms with E-state index in [2.05, 4.69) is 20.5 Å². The number of amides is 1. The third kappa shape index (κ3) is 2.82. The minimum Gasteiger partial charge on any atom is -0.337 e. The number of nitrogens with one attached hydrogen (secondary N) is 2. The molecule has 0 spiro atoms. The molecule has 0 aliphatic heterocycles. The van der Waals surface area contributed by atoms with E-state index in [1.165, 1.54) is 12.8 Å². The second-order valence-electron chi connectivity index (χ2n) is 6.20. The molecule has 1 aliphatic rings. The Morgan fingerprint density at radius 2 is 2.12 bits per heavy atom. The molecule has 1 amide bonds. The van der Waals surface area contributed by atoms with Gasteiger partial charge in [0.1, 0.15) is 17.6 Å². The highest BCUT2D eigenvalue weighted by molar-refractivity contribution is 5.92. The lowest BCUT2D eigenvalue weighted by Gasteiger charge is -2.18. The molecule has 2 heterocycles.